The fraction of sp³-hybridized carbons (Fsp3) is 0.455. The van der Waals surface area contributed by atoms with E-state index >= 15 is 0 Å². The number of fused-ring (bicyclic) bond motifs is 1. The maximum absolute atomic E-state index is 11.5. The van der Waals surface area contributed by atoms with Gasteiger partial charge in [0.15, 0.2) is 11.8 Å². The molecule has 1 unspecified atom stereocenters. The van der Waals surface area contributed by atoms with Crippen molar-refractivity contribution >= 4 is 17.0 Å². The molecule has 0 aliphatic heterocycles. The van der Waals surface area contributed by atoms with Gasteiger partial charge in [0.2, 0.25) is 5.88 Å². The van der Waals surface area contributed by atoms with Crippen LogP contribution in [0.15, 0.2) is 12.5 Å². The zero-order chi connectivity index (χ0) is 13.1. The maximum atomic E-state index is 11.5. The second-order valence-corrected chi connectivity index (χ2v) is 3.70. The third-order valence-corrected chi connectivity index (χ3v) is 2.40. The first-order valence-corrected chi connectivity index (χ1v) is 5.59. The van der Waals surface area contributed by atoms with Crippen LogP contribution in [0.1, 0.15) is 13.8 Å². The normalized spacial score (nSPS) is 12.4. The summed E-state index contributed by atoms with van der Waals surface area (Å²) in [5, 5.41) is 4.73. The van der Waals surface area contributed by atoms with Crippen molar-refractivity contribution in [3.05, 3.63) is 12.5 Å². The van der Waals surface area contributed by atoms with Crippen molar-refractivity contribution in [1.82, 2.24) is 19.7 Å². The molecule has 1 atom stereocenters. The van der Waals surface area contributed by atoms with Crippen LogP contribution in [0.4, 0.5) is 0 Å². The Bertz CT molecular complexity index is 566. The van der Waals surface area contributed by atoms with Gasteiger partial charge in [0.1, 0.15) is 11.7 Å². The van der Waals surface area contributed by atoms with Gasteiger partial charge in [-0.05, 0) is 13.8 Å². The molecule has 0 saturated heterocycles. The highest BCUT2D eigenvalue weighted by molar-refractivity contribution is 5.80. The van der Waals surface area contributed by atoms with E-state index in [1.165, 1.54) is 6.33 Å². The smallest absolute Gasteiger partial charge is 0.347 e. The van der Waals surface area contributed by atoms with Crippen LogP contribution in [-0.2, 0) is 16.6 Å². The number of nitrogens with zero attached hydrogens (tertiary/aromatic N) is 4. The third-order valence-electron chi connectivity index (χ3n) is 2.40. The predicted octanol–water partition coefficient (Wildman–Crippen LogP) is 0.694. The van der Waals surface area contributed by atoms with Gasteiger partial charge in [0.05, 0.1) is 12.8 Å². The molecule has 18 heavy (non-hydrogen) atoms. The van der Waals surface area contributed by atoms with E-state index in [1.54, 1.807) is 31.8 Å². The number of rotatable bonds is 4. The maximum Gasteiger partial charge on any atom is 0.347 e. The molecule has 2 heterocycles. The van der Waals surface area contributed by atoms with Crippen LogP contribution in [0, 0.1) is 0 Å². The molecule has 0 aliphatic carbocycles. The lowest BCUT2D eigenvalue weighted by Gasteiger charge is -2.12. The highest BCUT2D eigenvalue weighted by Gasteiger charge is 2.18. The number of hydrogen-bond acceptors (Lipinski definition) is 6. The van der Waals surface area contributed by atoms with Crippen LogP contribution in [0.5, 0.6) is 5.88 Å². The fourth-order valence-corrected chi connectivity index (χ4v) is 1.51. The summed E-state index contributed by atoms with van der Waals surface area (Å²) in [6.07, 6.45) is 2.25. The number of aryl methyl sites for hydroxylation is 1. The number of esters is 1. The van der Waals surface area contributed by atoms with E-state index in [-0.39, 0.29) is 0 Å². The average Bonchev–Trinajstić information content (AvgIpc) is 2.73. The van der Waals surface area contributed by atoms with Gasteiger partial charge in [-0.3, -0.25) is 4.68 Å². The van der Waals surface area contributed by atoms with E-state index in [0.717, 1.165) is 0 Å². The third kappa shape index (κ3) is 2.24. The van der Waals surface area contributed by atoms with Gasteiger partial charge in [-0.15, -0.1) is 0 Å². The molecule has 0 amide bonds. The second kappa shape index (κ2) is 4.99. The van der Waals surface area contributed by atoms with Crippen molar-refractivity contribution in [1.29, 1.82) is 0 Å². The lowest BCUT2D eigenvalue weighted by atomic mass is 10.4. The Balaban J connectivity index is 2.24. The van der Waals surface area contributed by atoms with E-state index < -0.39 is 12.1 Å². The zero-order valence-corrected chi connectivity index (χ0v) is 10.5. The minimum absolute atomic E-state index is 0.318. The average molecular weight is 250 g/mol. The first-order chi connectivity index (χ1) is 8.63. The fourth-order valence-electron chi connectivity index (χ4n) is 1.51. The molecule has 7 nitrogen and oxygen atoms in total. The van der Waals surface area contributed by atoms with Gasteiger partial charge in [0.25, 0.3) is 0 Å². The minimum Gasteiger partial charge on any atom is -0.463 e. The quantitative estimate of drug-likeness (QED) is 0.743. The summed E-state index contributed by atoms with van der Waals surface area (Å²) in [5.41, 5.74) is 0.649. The van der Waals surface area contributed by atoms with Crippen LogP contribution in [0.25, 0.3) is 11.0 Å². The minimum atomic E-state index is -0.719. The second-order valence-electron chi connectivity index (χ2n) is 3.70. The standard InChI is InChI=1S/C11H14N4O3/c1-4-17-11(16)7(2)18-10-8-5-14-15(3)9(8)12-6-13-10/h5-7H,4H2,1-3H3. The predicted molar refractivity (Wildman–Crippen MR) is 63.0 cm³/mol. The summed E-state index contributed by atoms with van der Waals surface area (Å²) < 4.78 is 12.0. The molecule has 0 spiro atoms. The highest BCUT2D eigenvalue weighted by atomic mass is 16.6. The molecule has 0 fully saturated rings. The van der Waals surface area contributed by atoms with Gasteiger partial charge < -0.3 is 9.47 Å². The SMILES string of the molecule is CCOC(=O)C(C)Oc1ncnc2c1cnn2C. The first kappa shape index (κ1) is 12.3. The Morgan fingerprint density at radius 1 is 1.50 bits per heavy atom. The Morgan fingerprint density at radius 2 is 2.28 bits per heavy atom. The molecule has 0 bridgehead atoms. The summed E-state index contributed by atoms with van der Waals surface area (Å²) in [7, 11) is 1.77. The Morgan fingerprint density at radius 3 is 3.00 bits per heavy atom. The van der Waals surface area contributed by atoms with Gasteiger partial charge in [-0.25, -0.2) is 14.8 Å². The molecule has 2 aromatic rings. The van der Waals surface area contributed by atoms with Crippen molar-refractivity contribution < 1.29 is 14.3 Å². The molecule has 7 heteroatoms. The van der Waals surface area contributed by atoms with E-state index in [9.17, 15) is 4.79 Å². The van der Waals surface area contributed by atoms with Crippen LogP contribution >= 0.6 is 0 Å². The van der Waals surface area contributed by atoms with Crippen molar-refractivity contribution in [2.75, 3.05) is 6.61 Å². The summed E-state index contributed by atoms with van der Waals surface area (Å²) in [6.45, 7) is 3.68. The van der Waals surface area contributed by atoms with E-state index in [4.69, 9.17) is 9.47 Å². The molecule has 2 rings (SSSR count). The highest BCUT2D eigenvalue weighted by Crippen LogP contribution is 2.21. The van der Waals surface area contributed by atoms with Crippen molar-refractivity contribution in [2.45, 2.75) is 20.0 Å². The Labute approximate surface area is 104 Å². The monoisotopic (exact) mass is 250 g/mol. The number of aromatic nitrogens is 4. The molecule has 2 aromatic heterocycles. The molecule has 0 radical (unpaired) electrons. The van der Waals surface area contributed by atoms with Crippen LogP contribution in [0.2, 0.25) is 0 Å². The summed E-state index contributed by atoms with van der Waals surface area (Å²) >= 11 is 0. The summed E-state index contributed by atoms with van der Waals surface area (Å²) in [4.78, 5) is 19.6. The van der Waals surface area contributed by atoms with Crippen molar-refractivity contribution in [2.24, 2.45) is 7.05 Å². The Hall–Kier alpha value is -2.18. The van der Waals surface area contributed by atoms with Crippen molar-refractivity contribution in [3.63, 3.8) is 0 Å². The molecular formula is C11H14N4O3. The van der Waals surface area contributed by atoms with Crippen LogP contribution in [0.3, 0.4) is 0 Å². The molecule has 0 aromatic carbocycles. The number of hydrogen-bond donors (Lipinski definition) is 0. The lowest BCUT2D eigenvalue weighted by Crippen LogP contribution is -2.26. The van der Waals surface area contributed by atoms with E-state index in [2.05, 4.69) is 15.1 Å². The number of ether oxygens (including phenoxy) is 2. The summed E-state index contributed by atoms with van der Waals surface area (Å²) in [5.74, 6) is -0.0956. The first-order valence-electron chi connectivity index (χ1n) is 5.59. The molecule has 0 N–H and O–H groups in total. The molecule has 0 saturated carbocycles. The largest absolute Gasteiger partial charge is 0.463 e. The van der Waals surface area contributed by atoms with Gasteiger partial charge in [0, 0.05) is 7.05 Å². The van der Waals surface area contributed by atoms with Gasteiger partial charge in [-0.2, -0.15) is 5.10 Å². The van der Waals surface area contributed by atoms with Gasteiger partial charge >= 0.3 is 5.97 Å². The van der Waals surface area contributed by atoms with E-state index in [0.29, 0.717) is 23.5 Å². The Kier molecular flexibility index (Phi) is 3.40. The number of carbonyl (C=O) groups excluding carboxylic acids is 1. The molecular weight excluding hydrogens is 236 g/mol. The molecule has 96 valence electrons. The topological polar surface area (TPSA) is 79.1 Å². The van der Waals surface area contributed by atoms with E-state index in [1.807, 2.05) is 0 Å². The van der Waals surface area contributed by atoms with Crippen LogP contribution in [-0.4, -0.2) is 38.4 Å². The van der Waals surface area contributed by atoms with Crippen LogP contribution < -0.4 is 4.74 Å². The van der Waals surface area contributed by atoms with Crippen molar-refractivity contribution in [3.8, 4) is 5.88 Å². The zero-order valence-electron chi connectivity index (χ0n) is 10.5. The number of carbonyl (C=O) groups is 1. The lowest BCUT2D eigenvalue weighted by molar-refractivity contribution is -0.150. The van der Waals surface area contributed by atoms with Gasteiger partial charge in [-0.1, -0.05) is 0 Å². The summed E-state index contributed by atoms with van der Waals surface area (Å²) in [6, 6.07) is 0. The molecule has 0 aliphatic rings.